The molecule has 0 heterocycles. The van der Waals surface area contributed by atoms with Gasteiger partial charge >= 0.3 is 12.1 Å². The van der Waals surface area contributed by atoms with Gasteiger partial charge < -0.3 is 4.74 Å². The van der Waals surface area contributed by atoms with Crippen LogP contribution in [0.15, 0.2) is 0 Å². The number of Topliss-reactive ketones (excluding diaryl/α,β-unsaturated/α-hetero) is 1. The zero-order valence-corrected chi connectivity index (χ0v) is 8.77. The topological polar surface area (TPSA) is 43.4 Å². The largest absolute Gasteiger partial charge is 0.466 e. The zero-order valence-electron chi connectivity index (χ0n) is 8.77. The Kier molecular flexibility index (Phi) is 4.30. The summed E-state index contributed by atoms with van der Waals surface area (Å²) in [6.07, 6.45) is -5.50. The highest BCUT2D eigenvalue weighted by Gasteiger charge is 2.52. The van der Waals surface area contributed by atoms with Crippen molar-refractivity contribution in [3.05, 3.63) is 0 Å². The van der Waals surface area contributed by atoms with Gasteiger partial charge in [-0.1, -0.05) is 0 Å². The average molecular weight is 226 g/mol. The summed E-state index contributed by atoms with van der Waals surface area (Å²) >= 11 is 0. The quantitative estimate of drug-likeness (QED) is 0.544. The Balaban J connectivity index is 4.52. The number of alkyl halides is 3. The van der Waals surface area contributed by atoms with Crippen molar-refractivity contribution in [2.45, 2.75) is 33.4 Å². The number of carbonyl (C=O) groups is 2. The van der Waals surface area contributed by atoms with Crippen molar-refractivity contribution in [3.63, 3.8) is 0 Å². The third kappa shape index (κ3) is 3.53. The van der Waals surface area contributed by atoms with Crippen molar-refractivity contribution >= 4 is 11.8 Å². The Morgan fingerprint density at radius 2 is 1.67 bits per heavy atom. The molecule has 0 amide bonds. The van der Waals surface area contributed by atoms with E-state index < -0.39 is 29.8 Å². The highest BCUT2D eigenvalue weighted by molar-refractivity contribution is 5.98. The van der Waals surface area contributed by atoms with E-state index in [1.54, 1.807) is 0 Å². The molecule has 88 valence electrons. The Hall–Kier alpha value is -1.07. The van der Waals surface area contributed by atoms with Crippen LogP contribution in [0.4, 0.5) is 13.2 Å². The van der Waals surface area contributed by atoms with Gasteiger partial charge in [-0.05, 0) is 20.8 Å². The first-order valence-corrected chi connectivity index (χ1v) is 4.38. The standard InChI is InChI=1S/C9H13F3O3/c1-4-15-7(14)5-6(13)8(2,3)9(10,11)12/h4-5H2,1-3H3. The van der Waals surface area contributed by atoms with E-state index in [2.05, 4.69) is 4.74 Å². The lowest BCUT2D eigenvalue weighted by Gasteiger charge is -2.25. The van der Waals surface area contributed by atoms with Gasteiger partial charge in [-0.3, -0.25) is 9.59 Å². The molecule has 3 nitrogen and oxygen atoms in total. The van der Waals surface area contributed by atoms with Crippen molar-refractivity contribution in [3.8, 4) is 0 Å². The van der Waals surface area contributed by atoms with E-state index in [0.29, 0.717) is 0 Å². The molecule has 0 fully saturated rings. The van der Waals surface area contributed by atoms with Crippen LogP contribution in [-0.2, 0) is 14.3 Å². The van der Waals surface area contributed by atoms with Crippen LogP contribution in [0.1, 0.15) is 27.2 Å². The fraction of sp³-hybridized carbons (Fsp3) is 0.778. The molecule has 0 aliphatic rings. The highest BCUT2D eigenvalue weighted by atomic mass is 19.4. The first-order valence-electron chi connectivity index (χ1n) is 4.38. The van der Waals surface area contributed by atoms with E-state index in [1.807, 2.05) is 0 Å². The van der Waals surface area contributed by atoms with Gasteiger partial charge in [0.25, 0.3) is 0 Å². The van der Waals surface area contributed by atoms with Gasteiger partial charge in [0.1, 0.15) is 11.8 Å². The van der Waals surface area contributed by atoms with E-state index in [9.17, 15) is 22.8 Å². The molecule has 0 aliphatic heterocycles. The molecular weight excluding hydrogens is 213 g/mol. The minimum atomic E-state index is -4.66. The lowest BCUT2D eigenvalue weighted by molar-refractivity contribution is -0.210. The van der Waals surface area contributed by atoms with Crippen LogP contribution < -0.4 is 0 Å². The molecule has 0 aliphatic carbocycles. The number of esters is 1. The molecule has 0 aromatic rings. The van der Waals surface area contributed by atoms with Crippen LogP contribution in [0.3, 0.4) is 0 Å². The molecular formula is C9H13F3O3. The fourth-order valence-corrected chi connectivity index (χ4v) is 0.722. The second-order valence-corrected chi connectivity index (χ2v) is 3.53. The lowest BCUT2D eigenvalue weighted by Crippen LogP contribution is -2.40. The van der Waals surface area contributed by atoms with Crippen molar-refractivity contribution in [2.75, 3.05) is 6.61 Å². The Labute approximate surface area is 85.6 Å². The van der Waals surface area contributed by atoms with E-state index >= 15 is 0 Å². The number of hydrogen-bond acceptors (Lipinski definition) is 3. The Bertz CT molecular complexity index is 256. The molecule has 0 saturated carbocycles. The number of carbonyl (C=O) groups excluding carboxylic acids is 2. The van der Waals surface area contributed by atoms with Crippen molar-refractivity contribution in [2.24, 2.45) is 5.41 Å². The van der Waals surface area contributed by atoms with Crippen LogP contribution in [0.5, 0.6) is 0 Å². The van der Waals surface area contributed by atoms with E-state index in [1.165, 1.54) is 6.92 Å². The summed E-state index contributed by atoms with van der Waals surface area (Å²) in [6.45, 7) is 3.04. The zero-order chi connectivity index (χ0) is 12.3. The predicted octanol–water partition coefficient (Wildman–Crippen LogP) is 2.10. The van der Waals surface area contributed by atoms with Crippen LogP contribution in [-0.4, -0.2) is 24.5 Å². The van der Waals surface area contributed by atoms with Gasteiger partial charge in [-0.15, -0.1) is 0 Å². The number of hydrogen-bond donors (Lipinski definition) is 0. The van der Waals surface area contributed by atoms with Crippen LogP contribution in [0.25, 0.3) is 0 Å². The third-order valence-electron chi connectivity index (χ3n) is 2.02. The maximum atomic E-state index is 12.3. The summed E-state index contributed by atoms with van der Waals surface area (Å²) < 4.78 is 41.4. The molecule has 0 atom stereocenters. The van der Waals surface area contributed by atoms with Gasteiger partial charge in [-0.2, -0.15) is 13.2 Å². The molecule has 0 saturated heterocycles. The van der Waals surface area contributed by atoms with Gasteiger partial charge in [0.05, 0.1) is 6.61 Å². The highest BCUT2D eigenvalue weighted by Crippen LogP contribution is 2.38. The summed E-state index contributed by atoms with van der Waals surface area (Å²) in [6, 6.07) is 0. The third-order valence-corrected chi connectivity index (χ3v) is 2.02. The predicted molar refractivity (Wildman–Crippen MR) is 46.1 cm³/mol. The maximum Gasteiger partial charge on any atom is 0.400 e. The smallest absolute Gasteiger partial charge is 0.400 e. The van der Waals surface area contributed by atoms with Crippen LogP contribution >= 0.6 is 0 Å². The van der Waals surface area contributed by atoms with E-state index in [-0.39, 0.29) is 6.61 Å². The monoisotopic (exact) mass is 226 g/mol. The molecule has 15 heavy (non-hydrogen) atoms. The number of halogens is 3. The molecule has 0 rings (SSSR count). The van der Waals surface area contributed by atoms with Crippen molar-refractivity contribution in [1.82, 2.24) is 0 Å². The first kappa shape index (κ1) is 13.9. The van der Waals surface area contributed by atoms with Crippen molar-refractivity contribution in [1.29, 1.82) is 0 Å². The number of rotatable bonds is 4. The summed E-state index contributed by atoms with van der Waals surface area (Å²) in [4.78, 5) is 22.0. The summed E-state index contributed by atoms with van der Waals surface area (Å²) in [5.74, 6) is -2.12. The Morgan fingerprint density at radius 1 is 1.20 bits per heavy atom. The number of ketones is 1. The normalized spacial score (nSPS) is 12.4. The van der Waals surface area contributed by atoms with Gasteiger partial charge in [-0.25, -0.2) is 0 Å². The summed E-state index contributed by atoms with van der Waals surface area (Å²) in [5.41, 5.74) is -2.51. The molecule has 0 radical (unpaired) electrons. The minimum Gasteiger partial charge on any atom is -0.466 e. The first-order chi connectivity index (χ1) is 6.63. The SMILES string of the molecule is CCOC(=O)CC(=O)C(C)(C)C(F)(F)F. The molecule has 6 heteroatoms. The minimum absolute atomic E-state index is 0.0402. The Morgan fingerprint density at radius 3 is 2.00 bits per heavy atom. The molecule has 0 aromatic heterocycles. The van der Waals surface area contributed by atoms with E-state index in [0.717, 1.165) is 13.8 Å². The average Bonchev–Trinajstić information content (AvgIpc) is 2.02. The fourth-order valence-electron chi connectivity index (χ4n) is 0.722. The molecule has 0 spiro atoms. The summed E-state index contributed by atoms with van der Waals surface area (Å²) in [5, 5.41) is 0. The van der Waals surface area contributed by atoms with E-state index in [4.69, 9.17) is 0 Å². The molecule has 0 N–H and O–H groups in total. The molecule has 0 unspecified atom stereocenters. The van der Waals surface area contributed by atoms with Gasteiger partial charge in [0.2, 0.25) is 0 Å². The van der Waals surface area contributed by atoms with Crippen molar-refractivity contribution < 1.29 is 27.5 Å². The van der Waals surface area contributed by atoms with Crippen LogP contribution in [0, 0.1) is 5.41 Å². The maximum absolute atomic E-state index is 12.3. The van der Waals surface area contributed by atoms with Crippen LogP contribution in [0.2, 0.25) is 0 Å². The molecule has 0 aromatic carbocycles. The second kappa shape index (κ2) is 4.63. The second-order valence-electron chi connectivity index (χ2n) is 3.53. The van der Waals surface area contributed by atoms with Gasteiger partial charge in [0.15, 0.2) is 5.78 Å². The summed E-state index contributed by atoms with van der Waals surface area (Å²) in [7, 11) is 0. The number of ether oxygens (including phenoxy) is 1. The molecule has 0 bridgehead atoms. The van der Waals surface area contributed by atoms with Gasteiger partial charge in [0, 0.05) is 0 Å². The lowest BCUT2D eigenvalue weighted by atomic mass is 9.85.